The number of piperidine rings is 1. The van der Waals surface area contributed by atoms with E-state index in [1.165, 1.54) is 6.26 Å². The van der Waals surface area contributed by atoms with Crippen LogP contribution in [-0.4, -0.2) is 52.2 Å². The van der Waals surface area contributed by atoms with Crippen molar-refractivity contribution in [3.63, 3.8) is 0 Å². The molecular weight excluding hydrogens is 394 g/mol. The summed E-state index contributed by atoms with van der Waals surface area (Å²) < 4.78 is 7.04. The van der Waals surface area contributed by atoms with Gasteiger partial charge in [-0.15, -0.1) is 0 Å². The molecule has 0 radical (unpaired) electrons. The third kappa shape index (κ3) is 5.40. The summed E-state index contributed by atoms with van der Waals surface area (Å²) in [6.45, 7) is 4.27. The number of carbonyl (C=O) groups excluding carboxylic acids is 2. The lowest BCUT2D eigenvalue weighted by Gasteiger charge is -2.31. The van der Waals surface area contributed by atoms with Crippen molar-refractivity contribution in [2.75, 3.05) is 25.0 Å². The fourth-order valence-electron chi connectivity index (χ4n) is 3.80. The SMILES string of the molecule is Cc1ccoc1C(=O)NC1CCN(CC(=O)Nc2ccnn2Cc2ccccc2)CC1. The number of likely N-dealkylation sites (tertiary alicyclic amines) is 1. The number of aryl methyl sites for hydroxylation is 1. The number of hydrogen-bond donors (Lipinski definition) is 2. The van der Waals surface area contributed by atoms with Crippen molar-refractivity contribution >= 4 is 17.6 Å². The van der Waals surface area contributed by atoms with E-state index in [-0.39, 0.29) is 17.9 Å². The van der Waals surface area contributed by atoms with Crippen LogP contribution in [0.15, 0.2) is 59.3 Å². The Labute approximate surface area is 181 Å². The van der Waals surface area contributed by atoms with Gasteiger partial charge in [-0.3, -0.25) is 14.5 Å². The zero-order valence-corrected chi connectivity index (χ0v) is 17.6. The third-order valence-electron chi connectivity index (χ3n) is 5.52. The molecule has 3 heterocycles. The monoisotopic (exact) mass is 421 g/mol. The van der Waals surface area contributed by atoms with Crippen LogP contribution in [0.5, 0.6) is 0 Å². The Morgan fingerprint density at radius 1 is 1.13 bits per heavy atom. The third-order valence-corrected chi connectivity index (χ3v) is 5.52. The zero-order chi connectivity index (χ0) is 21.6. The Morgan fingerprint density at radius 2 is 1.90 bits per heavy atom. The van der Waals surface area contributed by atoms with E-state index in [0.717, 1.165) is 37.1 Å². The average Bonchev–Trinajstić information content (AvgIpc) is 3.39. The van der Waals surface area contributed by atoms with Crippen molar-refractivity contribution in [3.8, 4) is 0 Å². The van der Waals surface area contributed by atoms with Crippen LogP contribution in [0.25, 0.3) is 0 Å². The van der Waals surface area contributed by atoms with Gasteiger partial charge < -0.3 is 15.1 Å². The fourth-order valence-corrected chi connectivity index (χ4v) is 3.80. The van der Waals surface area contributed by atoms with Crippen molar-refractivity contribution < 1.29 is 14.0 Å². The Morgan fingerprint density at radius 3 is 2.61 bits per heavy atom. The highest BCUT2D eigenvalue weighted by Crippen LogP contribution is 2.14. The van der Waals surface area contributed by atoms with Crippen LogP contribution in [0.1, 0.15) is 34.5 Å². The summed E-state index contributed by atoms with van der Waals surface area (Å²) in [5.41, 5.74) is 1.95. The highest BCUT2D eigenvalue weighted by atomic mass is 16.3. The number of benzene rings is 1. The van der Waals surface area contributed by atoms with Gasteiger partial charge in [0.15, 0.2) is 5.76 Å². The maximum Gasteiger partial charge on any atom is 0.287 e. The number of anilines is 1. The normalized spacial score (nSPS) is 15.0. The van der Waals surface area contributed by atoms with E-state index >= 15 is 0 Å². The van der Waals surface area contributed by atoms with E-state index in [1.807, 2.05) is 37.3 Å². The Kier molecular flexibility index (Phi) is 6.47. The van der Waals surface area contributed by atoms with Crippen LogP contribution in [0.2, 0.25) is 0 Å². The van der Waals surface area contributed by atoms with Gasteiger partial charge in [0.2, 0.25) is 5.91 Å². The number of carbonyl (C=O) groups is 2. The molecule has 3 aromatic rings. The van der Waals surface area contributed by atoms with Crippen LogP contribution < -0.4 is 10.6 Å². The number of hydrogen-bond acceptors (Lipinski definition) is 5. The molecule has 0 atom stereocenters. The van der Waals surface area contributed by atoms with Gasteiger partial charge in [-0.1, -0.05) is 30.3 Å². The number of nitrogens with zero attached hydrogens (tertiary/aromatic N) is 3. The van der Waals surface area contributed by atoms with Crippen LogP contribution in [0.3, 0.4) is 0 Å². The summed E-state index contributed by atoms with van der Waals surface area (Å²) in [7, 11) is 0. The first-order valence-corrected chi connectivity index (χ1v) is 10.5. The van der Waals surface area contributed by atoms with Gasteiger partial charge in [0.25, 0.3) is 5.91 Å². The molecular formula is C23H27N5O3. The molecule has 31 heavy (non-hydrogen) atoms. The highest BCUT2D eigenvalue weighted by Gasteiger charge is 2.24. The number of nitrogens with one attached hydrogen (secondary N) is 2. The summed E-state index contributed by atoms with van der Waals surface area (Å²) >= 11 is 0. The maximum absolute atomic E-state index is 12.6. The largest absolute Gasteiger partial charge is 0.459 e. The molecule has 8 nitrogen and oxygen atoms in total. The molecule has 1 aliphatic heterocycles. The van der Waals surface area contributed by atoms with E-state index < -0.39 is 0 Å². The van der Waals surface area contributed by atoms with Crippen molar-refractivity contribution in [3.05, 3.63) is 71.8 Å². The minimum absolute atomic E-state index is 0.0662. The van der Waals surface area contributed by atoms with E-state index in [4.69, 9.17) is 4.42 Å². The molecule has 0 spiro atoms. The number of furan rings is 1. The standard InChI is InChI=1S/C23H27N5O3/c1-17-10-14-31-22(17)23(30)25-19-8-12-27(13-9-19)16-21(29)26-20-7-11-24-28(20)15-18-5-3-2-4-6-18/h2-7,10-11,14,19H,8-9,12-13,15-16H2,1H3,(H,25,30)(H,26,29). The first-order valence-electron chi connectivity index (χ1n) is 10.5. The fraction of sp³-hybridized carbons (Fsp3) is 0.348. The van der Waals surface area contributed by atoms with Crippen LogP contribution in [-0.2, 0) is 11.3 Å². The minimum atomic E-state index is -0.176. The quantitative estimate of drug-likeness (QED) is 0.612. The predicted octanol–water partition coefficient (Wildman–Crippen LogP) is 2.67. The predicted molar refractivity (Wildman–Crippen MR) is 117 cm³/mol. The van der Waals surface area contributed by atoms with Gasteiger partial charge in [-0.05, 0) is 31.4 Å². The van der Waals surface area contributed by atoms with E-state index in [9.17, 15) is 9.59 Å². The molecule has 2 N–H and O–H groups in total. The van der Waals surface area contributed by atoms with Gasteiger partial charge in [0.05, 0.1) is 25.5 Å². The first kappa shape index (κ1) is 20.9. The molecule has 1 fully saturated rings. The first-order chi connectivity index (χ1) is 15.1. The molecule has 8 heteroatoms. The molecule has 162 valence electrons. The van der Waals surface area contributed by atoms with Crippen LogP contribution in [0.4, 0.5) is 5.82 Å². The van der Waals surface area contributed by atoms with Crippen molar-refractivity contribution in [2.24, 2.45) is 0 Å². The van der Waals surface area contributed by atoms with Crippen LogP contribution >= 0.6 is 0 Å². The van der Waals surface area contributed by atoms with Gasteiger partial charge in [0.1, 0.15) is 5.82 Å². The topological polar surface area (TPSA) is 92.4 Å². The Balaban J connectivity index is 1.23. The summed E-state index contributed by atoms with van der Waals surface area (Å²) in [5.74, 6) is 0.813. The molecule has 2 amide bonds. The van der Waals surface area contributed by atoms with Gasteiger partial charge >= 0.3 is 0 Å². The zero-order valence-electron chi connectivity index (χ0n) is 17.6. The average molecular weight is 422 g/mol. The molecule has 2 aromatic heterocycles. The molecule has 0 saturated carbocycles. The number of amides is 2. The van der Waals surface area contributed by atoms with E-state index in [2.05, 4.69) is 20.6 Å². The lowest BCUT2D eigenvalue weighted by Crippen LogP contribution is -2.46. The molecule has 1 aliphatic rings. The number of rotatable bonds is 7. The second-order valence-electron chi connectivity index (χ2n) is 7.86. The van der Waals surface area contributed by atoms with Crippen molar-refractivity contribution in [2.45, 2.75) is 32.4 Å². The summed E-state index contributed by atoms with van der Waals surface area (Å²) in [6.07, 6.45) is 4.81. The van der Waals surface area contributed by atoms with Gasteiger partial charge in [-0.2, -0.15) is 5.10 Å². The van der Waals surface area contributed by atoms with E-state index in [1.54, 1.807) is 23.0 Å². The minimum Gasteiger partial charge on any atom is -0.459 e. The molecule has 4 rings (SSSR count). The molecule has 0 bridgehead atoms. The molecule has 1 saturated heterocycles. The van der Waals surface area contributed by atoms with Gasteiger partial charge in [0, 0.05) is 30.8 Å². The highest BCUT2D eigenvalue weighted by molar-refractivity contribution is 5.93. The van der Waals surface area contributed by atoms with Crippen molar-refractivity contribution in [1.29, 1.82) is 0 Å². The van der Waals surface area contributed by atoms with Crippen LogP contribution in [0, 0.1) is 6.92 Å². The molecule has 0 aliphatic carbocycles. The van der Waals surface area contributed by atoms with Gasteiger partial charge in [-0.25, -0.2) is 4.68 Å². The second-order valence-corrected chi connectivity index (χ2v) is 7.86. The lowest BCUT2D eigenvalue weighted by molar-refractivity contribution is -0.117. The summed E-state index contributed by atoms with van der Waals surface area (Å²) in [4.78, 5) is 27.0. The summed E-state index contributed by atoms with van der Waals surface area (Å²) in [6, 6.07) is 13.7. The van der Waals surface area contributed by atoms with E-state index in [0.29, 0.717) is 24.7 Å². The molecule has 1 aromatic carbocycles. The molecule has 0 unspecified atom stereocenters. The summed E-state index contributed by atoms with van der Waals surface area (Å²) in [5, 5.41) is 10.3. The Hall–Kier alpha value is -3.39. The Bertz CT molecular complexity index is 1020. The maximum atomic E-state index is 12.6. The lowest BCUT2D eigenvalue weighted by atomic mass is 10.0. The second kappa shape index (κ2) is 9.61. The van der Waals surface area contributed by atoms with Crippen molar-refractivity contribution in [1.82, 2.24) is 20.0 Å². The smallest absolute Gasteiger partial charge is 0.287 e. The number of aromatic nitrogens is 2.